The largest absolute Gasteiger partial charge is 0.481 e. The molecule has 5 heteroatoms. The highest BCUT2D eigenvalue weighted by Gasteiger charge is 2.15. The van der Waals surface area contributed by atoms with Gasteiger partial charge in [-0.05, 0) is 70.9 Å². The van der Waals surface area contributed by atoms with E-state index in [0.717, 1.165) is 71.0 Å². The molecular weight excluding hydrogens is 486 g/mol. The number of allylic oxidation sites excluding steroid dienone is 3. The summed E-state index contributed by atoms with van der Waals surface area (Å²) in [5.41, 5.74) is 0. The molecule has 2 N–H and O–H groups in total. The third-order valence-electron chi connectivity index (χ3n) is 7.56. The fourth-order valence-electron chi connectivity index (χ4n) is 4.96. The summed E-state index contributed by atoms with van der Waals surface area (Å²) in [6.45, 7) is 7.68. The molecule has 5 nitrogen and oxygen atoms in total. The molecule has 1 unspecified atom stereocenters. The summed E-state index contributed by atoms with van der Waals surface area (Å²) in [7, 11) is 0. The first kappa shape index (κ1) is 37.4. The van der Waals surface area contributed by atoms with Gasteiger partial charge in [0, 0.05) is 13.0 Å². The molecule has 39 heavy (non-hydrogen) atoms. The molecule has 0 amide bonds. The van der Waals surface area contributed by atoms with E-state index in [-0.39, 0.29) is 12.3 Å². The van der Waals surface area contributed by atoms with Crippen molar-refractivity contribution in [3.8, 4) is 0 Å². The van der Waals surface area contributed by atoms with Gasteiger partial charge in [-0.1, -0.05) is 115 Å². The lowest BCUT2D eigenvalue weighted by molar-refractivity contribution is -0.142. The van der Waals surface area contributed by atoms with E-state index in [4.69, 9.17) is 5.11 Å². The van der Waals surface area contributed by atoms with Gasteiger partial charge in [0.25, 0.3) is 0 Å². The predicted octanol–water partition coefficient (Wildman–Crippen LogP) is 9.81. The monoisotopic (exact) mass is 549 g/mol. The summed E-state index contributed by atoms with van der Waals surface area (Å²) in [5.74, 6) is -1.58. The lowest BCUT2D eigenvalue weighted by Crippen LogP contribution is -2.26. The van der Waals surface area contributed by atoms with E-state index < -0.39 is 11.9 Å². The van der Waals surface area contributed by atoms with Crippen LogP contribution in [0.25, 0.3) is 0 Å². The number of hydrogen-bond donors (Lipinski definition) is 2. The average Bonchev–Trinajstić information content (AvgIpc) is 2.91. The first-order valence-electron chi connectivity index (χ1n) is 16.5. The van der Waals surface area contributed by atoms with Gasteiger partial charge < -0.3 is 10.2 Å². The smallest absolute Gasteiger partial charge is 0.306 e. The summed E-state index contributed by atoms with van der Waals surface area (Å²) in [6.07, 6.45) is 32.8. The molecule has 0 aromatic rings. The van der Waals surface area contributed by atoms with Crippen molar-refractivity contribution in [2.24, 2.45) is 5.92 Å². The van der Waals surface area contributed by atoms with Gasteiger partial charge in [0.05, 0.1) is 5.92 Å². The lowest BCUT2D eigenvalue weighted by atomic mass is 9.97. The predicted molar refractivity (Wildman–Crippen MR) is 166 cm³/mol. The van der Waals surface area contributed by atoms with Crippen LogP contribution in [-0.4, -0.2) is 46.7 Å². The van der Waals surface area contributed by atoms with Crippen molar-refractivity contribution < 1.29 is 19.8 Å². The lowest BCUT2D eigenvalue weighted by Gasteiger charge is -2.21. The van der Waals surface area contributed by atoms with Gasteiger partial charge in [0.15, 0.2) is 0 Å². The Morgan fingerprint density at radius 1 is 0.615 bits per heavy atom. The Hall–Kier alpha value is -1.62. The molecule has 0 aromatic heterocycles. The molecule has 0 heterocycles. The maximum absolute atomic E-state index is 11.7. The van der Waals surface area contributed by atoms with E-state index in [9.17, 15) is 14.7 Å². The number of rotatable bonds is 30. The van der Waals surface area contributed by atoms with Gasteiger partial charge in [-0.3, -0.25) is 14.5 Å². The molecule has 0 aromatic carbocycles. The zero-order valence-corrected chi connectivity index (χ0v) is 25.7. The Labute approximate surface area is 241 Å². The molecule has 0 spiro atoms. The fourth-order valence-corrected chi connectivity index (χ4v) is 4.96. The van der Waals surface area contributed by atoms with E-state index in [1.165, 1.54) is 77.0 Å². The van der Waals surface area contributed by atoms with E-state index in [1.807, 2.05) is 0 Å². The summed E-state index contributed by atoms with van der Waals surface area (Å²) < 4.78 is 0. The van der Waals surface area contributed by atoms with Crippen LogP contribution in [0.2, 0.25) is 0 Å². The molecule has 0 fully saturated rings. The summed E-state index contributed by atoms with van der Waals surface area (Å²) in [6, 6.07) is 0. The minimum Gasteiger partial charge on any atom is -0.481 e. The van der Waals surface area contributed by atoms with Gasteiger partial charge in [-0.2, -0.15) is 0 Å². The van der Waals surface area contributed by atoms with Crippen LogP contribution >= 0.6 is 0 Å². The summed E-state index contributed by atoms with van der Waals surface area (Å²) >= 11 is 0. The average molecular weight is 550 g/mol. The Kier molecular flexibility index (Phi) is 28.1. The second-order valence-corrected chi connectivity index (χ2v) is 11.3. The number of carboxylic acids is 2. The highest BCUT2D eigenvalue weighted by Crippen LogP contribution is 2.17. The topological polar surface area (TPSA) is 77.8 Å². The maximum Gasteiger partial charge on any atom is 0.306 e. The highest BCUT2D eigenvalue weighted by molar-refractivity contribution is 5.70. The molecule has 0 aliphatic carbocycles. The highest BCUT2D eigenvalue weighted by atomic mass is 16.4. The van der Waals surface area contributed by atoms with Crippen molar-refractivity contribution >= 4 is 11.9 Å². The van der Waals surface area contributed by atoms with Crippen molar-refractivity contribution in [3.63, 3.8) is 0 Å². The Morgan fingerprint density at radius 3 is 1.69 bits per heavy atom. The van der Waals surface area contributed by atoms with Crippen LogP contribution in [0.1, 0.15) is 155 Å². The van der Waals surface area contributed by atoms with E-state index in [2.05, 4.69) is 43.1 Å². The van der Waals surface area contributed by atoms with Crippen molar-refractivity contribution in [3.05, 3.63) is 24.3 Å². The maximum atomic E-state index is 11.7. The van der Waals surface area contributed by atoms with Crippen LogP contribution in [0, 0.1) is 5.92 Å². The Morgan fingerprint density at radius 2 is 1.13 bits per heavy atom. The third-order valence-corrected chi connectivity index (χ3v) is 7.56. The van der Waals surface area contributed by atoms with Crippen molar-refractivity contribution in [1.29, 1.82) is 0 Å². The molecule has 0 aliphatic rings. The number of carbonyl (C=O) groups is 2. The Bertz CT molecular complexity index is 616. The minimum atomic E-state index is -0.689. The van der Waals surface area contributed by atoms with Crippen LogP contribution in [-0.2, 0) is 9.59 Å². The SMILES string of the molecule is CCCCCC/C=C\CC(CCCCCCN(C/C=C\CCCCCC)CCCCCCCC(=O)O)C(=O)O. The molecule has 0 saturated heterocycles. The van der Waals surface area contributed by atoms with Crippen LogP contribution in [0.5, 0.6) is 0 Å². The third kappa shape index (κ3) is 27.7. The zero-order chi connectivity index (χ0) is 28.8. The summed E-state index contributed by atoms with van der Waals surface area (Å²) in [4.78, 5) is 24.9. The van der Waals surface area contributed by atoms with Gasteiger partial charge in [0.1, 0.15) is 0 Å². The van der Waals surface area contributed by atoms with E-state index in [0.29, 0.717) is 6.42 Å². The second-order valence-electron chi connectivity index (χ2n) is 11.3. The molecule has 1 atom stereocenters. The fraction of sp³-hybridized carbons (Fsp3) is 0.824. The summed E-state index contributed by atoms with van der Waals surface area (Å²) in [5, 5.41) is 18.4. The van der Waals surface area contributed by atoms with Crippen LogP contribution in [0.3, 0.4) is 0 Å². The van der Waals surface area contributed by atoms with Crippen molar-refractivity contribution in [1.82, 2.24) is 4.90 Å². The molecule has 0 saturated carbocycles. The van der Waals surface area contributed by atoms with Crippen molar-refractivity contribution in [2.75, 3.05) is 19.6 Å². The number of aliphatic carboxylic acids is 2. The van der Waals surface area contributed by atoms with Gasteiger partial charge in [0.2, 0.25) is 0 Å². The zero-order valence-electron chi connectivity index (χ0n) is 25.7. The molecule has 0 rings (SSSR count). The second kappa shape index (κ2) is 29.4. The van der Waals surface area contributed by atoms with Crippen LogP contribution in [0.4, 0.5) is 0 Å². The number of hydrogen-bond acceptors (Lipinski definition) is 3. The van der Waals surface area contributed by atoms with Gasteiger partial charge in [-0.15, -0.1) is 0 Å². The molecule has 0 aliphatic heterocycles. The normalized spacial score (nSPS) is 12.7. The number of unbranched alkanes of at least 4 members (excludes halogenated alkanes) is 15. The Balaban J connectivity index is 4.24. The van der Waals surface area contributed by atoms with Crippen LogP contribution in [0.15, 0.2) is 24.3 Å². The minimum absolute atomic E-state index is 0.244. The standard InChI is InChI=1S/C34H63NO4/c1-3-5-7-9-11-14-20-26-32(34(38)39)27-21-16-19-25-31-35(29-23-17-12-10-8-6-4-2)30-24-18-13-15-22-28-33(36)37/h14,17,20,23,32H,3-13,15-16,18-19,21-22,24-31H2,1-2H3,(H,36,37)(H,38,39)/b20-14-,23-17-. The van der Waals surface area contributed by atoms with Gasteiger partial charge in [-0.25, -0.2) is 0 Å². The number of carboxylic acid groups (broad SMARTS) is 2. The first-order chi connectivity index (χ1) is 19.0. The van der Waals surface area contributed by atoms with Gasteiger partial charge >= 0.3 is 11.9 Å². The molecule has 228 valence electrons. The molecule has 0 radical (unpaired) electrons. The van der Waals surface area contributed by atoms with E-state index in [1.54, 1.807) is 0 Å². The quantitative estimate of drug-likeness (QED) is 0.0688. The van der Waals surface area contributed by atoms with Crippen LogP contribution < -0.4 is 0 Å². The molecule has 0 bridgehead atoms. The first-order valence-corrected chi connectivity index (χ1v) is 16.5. The van der Waals surface area contributed by atoms with Crippen molar-refractivity contribution in [2.45, 2.75) is 155 Å². The van der Waals surface area contributed by atoms with E-state index >= 15 is 0 Å². The molecular formula is C34H63NO4. The number of nitrogens with zero attached hydrogens (tertiary/aromatic N) is 1.